The molecule has 182 valence electrons. The number of hydrogen-bond acceptors (Lipinski definition) is 3. The van der Waals surface area contributed by atoms with E-state index in [-0.39, 0.29) is 18.0 Å². The molecule has 0 bridgehead atoms. The predicted octanol–water partition coefficient (Wildman–Crippen LogP) is 8.18. The van der Waals surface area contributed by atoms with E-state index in [4.69, 9.17) is 5.11 Å². The van der Waals surface area contributed by atoms with Crippen LogP contribution in [0.25, 0.3) is 0 Å². The quantitative estimate of drug-likeness (QED) is 0.132. The van der Waals surface area contributed by atoms with E-state index in [2.05, 4.69) is 6.92 Å². The molecule has 0 aliphatic carbocycles. The topological polar surface area (TPSA) is 71.4 Å². The van der Waals surface area contributed by atoms with Gasteiger partial charge in [0.15, 0.2) is 5.78 Å². The number of unbranched alkanes of at least 4 members (excludes halogenated alkanes) is 14. The predicted molar refractivity (Wildman–Crippen MR) is 133 cm³/mol. The minimum Gasteiger partial charge on any atom is -0.481 e. The van der Waals surface area contributed by atoms with Crippen molar-refractivity contribution in [3.8, 4) is 0 Å². The first-order valence-electron chi connectivity index (χ1n) is 12.8. The van der Waals surface area contributed by atoms with E-state index in [9.17, 15) is 14.4 Å². The van der Waals surface area contributed by atoms with Crippen molar-refractivity contribution in [2.75, 3.05) is 0 Å². The Morgan fingerprint density at radius 3 is 1.44 bits per heavy atom. The summed E-state index contributed by atoms with van der Waals surface area (Å²) in [7, 11) is 0. The van der Waals surface area contributed by atoms with Gasteiger partial charge >= 0.3 is 5.97 Å². The Hall–Kier alpha value is -1.97. The molecule has 1 aromatic carbocycles. The molecule has 0 aliphatic rings. The highest BCUT2D eigenvalue weighted by atomic mass is 16.4. The minimum absolute atomic E-state index is 0.00398. The van der Waals surface area contributed by atoms with Gasteiger partial charge in [-0.15, -0.1) is 0 Å². The Bertz CT molecular complexity index is 595. The number of carboxylic acid groups (broad SMARTS) is 1. The van der Waals surface area contributed by atoms with Gasteiger partial charge in [-0.25, -0.2) is 0 Å². The monoisotopic (exact) mass is 446 g/mol. The van der Waals surface area contributed by atoms with Crippen molar-refractivity contribution in [1.29, 1.82) is 0 Å². The van der Waals surface area contributed by atoms with Gasteiger partial charge in [0.1, 0.15) is 5.78 Å². The standard InChI is InChI=1S/C18H36O2.C10H10O2/c1-2-3-4-5-6-7-8-9-10-11-12-13-14-15-16-17-18(19)20;1-8(11)7-10(12)9-5-3-2-4-6-9/h2-17H2,1H3,(H,19,20);2-6H,7H2,1H3. The normalized spacial score (nSPS) is 10.3. The first-order chi connectivity index (χ1) is 15.5. The van der Waals surface area contributed by atoms with Crippen molar-refractivity contribution in [1.82, 2.24) is 0 Å². The molecule has 0 amide bonds. The number of hydrogen-bond donors (Lipinski definition) is 1. The fraction of sp³-hybridized carbons (Fsp3) is 0.679. The zero-order valence-corrected chi connectivity index (χ0v) is 20.6. The van der Waals surface area contributed by atoms with Gasteiger partial charge in [-0.2, -0.15) is 0 Å². The van der Waals surface area contributed by atoms with Crippen molar-refractivity contribution in [2.24, 2.45) is 0 Å². The first kappa shape index (κ1) is 30.0. The van der Waals surface area contributed by atoms with Crippen molar-refractivity contribution in [2.45, 2.75) is 123 Å². The second-order valence-corrected chi connectivity index (χ2v) is 8.76. The maximum atomic E-state index is 11.2. The van der Waals surface area contributed by atoms with Gasteiger partial charge in [-0.1, -0.05) is 127 Å². The van der Waals surface area contributed by atoms with Crippen LogP contribution in [0.15, 0.2) is 30.3 Å². The SMILES string of the molecule is CC(=O)CC(=O)c1ccccc1.CCCCCCCCCCCCCCCCCC(=O)O. The highest BCUT2D eigenvalue weighted by molar-refractivity contribution is 6.07. The van der Waals surface area contributed by atoms with E-state index in [1.54, 1.807) is 24.3 Å². The third kappa shape index (κ3) is 21.3. The Balaban J connectivity index is 0.000000677. The fourth-order valence-corrected chi connectivity index (χ4v) is 3.60. The Morgan fingerprint density at radius 1 is 0.656 bits per heavy atom. The number of ketones is 2. The smallest absolute Gasteiger partial charge is 0.303 e. The van der Waals surface area contributed by atoms with Gasteiger partial charge in [-0.3, -0.25) is 14.4 Å². The molecule has 0 fully saturated rings. The molecule has 0 radical (unpaired) electrons. The summed E-state index contributed by atoms with van der Waals surface area (Å²) in [6.45, 7) is 3.69. The van der Waals surface area contributed by atoms with Gasteiger partial charge < -0.3 is 5.11 Å². The number of rotatable bonds is 19. The number of carbonyl (C=O) groups is 3. The summed E-state index contributed by atoms with van der Waals surface area (Å²) in [6.07, 6.45) is 20.2. The molecule has 4 nitrogen and oxygen atoms in total. The lowest BCUT2D eigenvalue weighted by molar-refractivity contribution is -0.137. The number of carboxylic acids is 1. The molecule has 0 heterocycles. The van der Waals surface area contributed by atoms with Gasteiger partial charge in [0.05, 0.1) is 6.42 Å². The molecular formula is C28H46O4. The molecule has 0 spiro atoms. The highest BCUT2D eigenvalue weighted by Gasteiger charge is 2.06. The van der Waals surface area contributed by atoms with Crippen LogP contribution < -0.4 is 0 Å². The van der Waals surface area contributed by atoms with Gasteiger partial charge in [0.2, 0.25) is 0 Å². The highest BCUT2D eigenvalue weighted by Crippen LogP contribution is 2.13. The maximum Gasteiger partial charge on any atom is 0.303 e. The summed E-state index contributed by atoms with van der Waals surface area (Å²) in [5, 5.41) is 8.52. The Labute approximate surface area is 196 Å². The average molecular weight is 447 g/mol. The van der Waals surface area contributed by atoms with E-state index in [1.165, 1.54) is 90.4 Å². The number of Topliss-reactive ketones (excluding diaryl/α,β-unsaturated/α-hetero) is 2. The van der Waals surface area contributed by atoms with Crippen molar-refractivity contribution >= 4 is 17.5 Å². The third-order valence-electron chi connectivity index (χ3n) is 5.50. The number of carbonyl (C=O) groups excluding carboxylic acids is 2. The van der Waals surface area contributed by atoms with Gasteiger partial charge in [0.25, 0.3) is 0 Å². The van der Waals surface area contributed by atoms with Crippen LogP contribution in [0.4, 0.5) is 0 Å². The molecule has 32 heavy (non-hydrogen) atoms. The lowest BCUT2D eigenvalue weighted by Crippen LogP contribution is -2.04. The van der Waals surface area contributed by atoms with Gasteiger partial charge in [-0.05, 0) is 13.3 Å². The molecule has 0 saturated carbocycles. The fourth-order valence-electron chi connectivity index (χ4n) is 3.60. The molecule has 0 unspecified atom stereocenters. The van der Waals surface area contributed by atoms with Crippen LogP contribution >= 0.6 is 0 Å². The van der Waals surface area contributed by atoms with E-state index in [1.807, 2.05) is 6.07 Å². The summed E-state index contributed by atoms with van der Waals surface area (Å²) >= 11 is 0. The summed E-state index contributed by atoms with van der Waals surface area (Å²) in [4.78, 5) is 32.2. The van der Waals surface area contributed by atoms with Crippen molar-refractivity contribution < 1.29 is 19.5 Å². The molecule has 0 aromatic heterocycles. The van der Waals surface area contributed by atoms with Crippen LogP contribution in [0.3, 0.4) is 0 Å². The maximum absolute atomic E-state index is 11.2. The summed E-state index contributed by atoms with van der Waals surface area (Å²) in [5.41, 5.74) is 0.604. The summed E-state index contributed by atoms with van der Waals surface area (Å²) < 4.78 is 0. The molecule has 0 atom stereocenters. The summed E-state index contributed by atoms with van der Waals surface area (Å²) in [6, 6.07) is 8.84. The zero-order chi connectivity index (χ0) is 23.9. The average Bonchev–Trinajstić information content (AvgIpc) is 2.77. The Morgan fingerprint density at radius 2 is 1.06 bits per heavy atom. The second-order valence-electron chi connectivity index (χ2n) is 8.76. The second kappa shape index (κ2) is 22.2. The number of aliphatic carboxylic acids is 1. The van der Waals surface area contributed by atoms with Crippen LogP contribution in [-0.2, 0) is 9.59 Å². The molecule has 0 aliphatic heterocycles. The molecule has 1 N–H and O–H groups in total. The largest absolute Gasteiger partial charge is 0.481 e. The minimum atomic E-state index is -0.653. The lowest BCUT2D eigenvalue weighted by Gasteiger charge is -2.03. The van der Waals surface area contributed by atoms with Crippen LogP contribution in [0.2, 0.25) is 0 Å². The zero-order valence-electron chi connectivity index (χ0n) is 20.6. The summed E-state index contributed by atoms with van der Waals surface area (Å²) in [5.74, 6) is -0.855. The number of benzene rings is 1. The van der Waals surface area contributed by atoms with Crippen molar-refractivity contribution in [3.63, 3.8) is 0 Å². The van der Waals surface area contributed by atoms with Crippen LogP contribution in [0.1, 0.15) is 133 Å². The van der Waals surface area contributed by atoms with E-state index < -0.39 is 5.97 Å². The van der Waals surface area contributed by atoms with Crippen molar-refractivity contribution in [3.05, 3.63) is 35.9 Å². The van der Waals surface area contributed by atoms with Gasteiger partial charge in [0, 0.05) is 12.0 Å². The van der Waals surface area contributed by atoms with Crippen LogP contribution in [-0.4, -0.2) is 22.6 Å². The lowest BCUT2D eigenvalue weighted by atomic mass is 10.0. The molecular weight excluding hydrogens is 400 g/mol. The van der Waals surface area contributed by atoms with E-state index in [0.29, 0.717) is 12.0 Å². The Kier molecular flexibility index (Phi) is 20.9. The van der Waals surface area contributed by atoms with Crippen LogP contribution in [0, 0.1) is 0 Å². The third-order valence-corrected chi connectivity index (χ3v) is 5.50. The molecule has 4 heteroatoms. The molecule has 1 rings (SSSR count). The van der Waals surface area contributed by atoms with E-state index in [0.717, 1.165) is 12.8 Å². The molecule has 1 aromatic rings. The van der Waals surface area contributed by atoms with Crippen LogP contribution in [0.5, 0.6) is 0 Å². The van der Waals surface area contributed by atoms with E-state index >= 15 is 0 Å². The first-order valence-corrected chi connectivity index (χ1v) is 12.8. The molecule has 0 saturated heterocycles.